The van der Waals surface area contributed by atoms with Crippen LogP contribution in [0.5, 0.6) is 0 Å². The lowest BCUT2D eigenvalue weighted by molar-refractivity contribution is 0.0697. The third kappa shape index (κ3) is 2.40. The predicted octanol–water partition coefficient (Wildman–Crippen LogP) is 4.45. The van der Waals surface area contributed by atoms with Gasteiger partial charge in [-0.2, -0.15) is 0 Å². The summed E-state index contributed by atoms with van der Waals surface area (Å²) in [7, 11) is 0. The summed E-state index contributed by atoms with van der Waals surface area (Å²) in [4.78, 5) is 21.0. The van der Waals surface area contributed by atoms with Crippen LogP contribution in [0.4, 0.5) is 0 Å². The van der Waals surface area contributed by atoms with Crippen LogP contribution >= 0.6 is 0 Å². The zero-order chi connectivity index (χ0) is 17.9. The van der Waals surface area contributed by atoms with E-state index in [1.165, 1.54) is 16.7 Å². The monoisotopic (exact) mass is 332 g/mol. The maximum Gasteiger partial charge on any atom is 0.335 e. The van der Waals surface area contributed by atoms with Gasteiger partial charge in [0.1, 0.15) is 0 Å². The van der Waals surface area contributed by atoms with E-state index in [4.69, 9.17) is 9.97 Å². The Morgan fingerprint density at radius 1 is 1.08 bits per heavy atom. The number of aromatic carboxylic acids is 1. The summed E-state index contributed by atoms with van der Waals surface area (Å²) >= 11 is 0. The van der Waals surface area contributed by atoms with Crippen LogP contribution in [0.15, 0.2) is 30.3 Å². The quantitative estimate of drug-likeness (QED) is 0.715. The van der Waals surface area contributed by atoms with E-state index >= 15 is 0 Å². The van der Waals surface area contributed by atoms with E-state index in [-0.39, 0.29) is 11.0 Å². The lowest BCUT2D eigenvalue weighted by Gasteiger charge is -2.33. The van der Waals surface area contributed by atoms with Gasteiger partial charge in [-0.3, -0.25) is 0 Å². The average Bonchev–Trinajstić information content (AvgIpc) is 2.51. The summed E-state index contributed by atoms with van der Waals surface area (Å²) in [5, 5.41) is 9.25. The second kappa shape index (κ2) is 5.12. The van der Waals surface area contributed by atoms with Crippen LogP contribution in [-0.4, -0.2) is 21.0 Å². The number of aromatic nitrogens is 2. The maximum absolute atomic E-state index is 11.3. The fourth-order valence-electron chi connectivity index (χ4n) is 3.93. The number of carboxylic acids is 1. The number of rotatable bonds is 1. The number of carbonyl (C=O) groups is 1. The van der Waals surface area contributed by atoms with Crippen molar-refractivity contribution in [2.24, 2.45) is 0 Å². The predicted molar refractivity (Wildman–Crippen MR) is 98.1 cm³/mol. The Labute approximate surface area is 146 Å². The van der Waals surface area contributed by atoms with E-state index in [9.17, 15) is 9.90 Å². The Balaban J connectivity index is 2.07. The minimum Gasteiger partial charge on any atom is -0.478 e. The van der Waals surface area contributed by atoms with Gasteiger partial charge in [-0.1, -0.05) is 31.5 Å². The Morgan fingerprint density at radius 2 is 1.84 bits per heavy atom. The highest BCUT2D eigenvalue weighted by molar-refractivity contribution is 5.93. The summed E-state index contributed by atoms with van der Waals surface area (Å²) < 4.78 is 0. The molecular formula is C21H20N2O2. The Morgan fingerprint density at radius 3 is 2.56 bits per heavy atom. The van der Waals surface area contributed by atoms with Crippen molar-refractivity contribution < 1.29 is 9.90 Å². The van der Waals surface area contributed by atoms with E-state index in [0.717, 1.165) is 28.9 Å². The number of benzene rings is 2. The Hall–Kier alpha value is -2.75. The molecule has 0 saturated heterocycles. The first-order valence-electron chi connectivity index (χ1n) is 8.42. The first kappa shape index (κ1) is 15.8. The van der Waals surface area contributed by atoms with Gasteiger partial charge in [0.05, 0.1) is 28.0 Å². The van der Waals surface area contributed by atoms with Gasteiger partial charge in [0.15, 0.2) is 0 Å². The molecule has 4 heteroatoms. The first-order valence-corrected chi connectivity index (χ1v) is 8.42. The molecule has 0 saturated carbocycles. The molecule has 0 amide bonds. The summed E-state index contributed by atoms with van der Waals surface area (Å²) in [6, 6.07) is 9.34. The standard InChI is InChI=1S/C21H20N2O2/c1-11-7-12(2)17-14(8-11)10-21(3,4)19-18(17)22-16-9-13(20(24)25)5-6-15(16)23-19/h5-9H,10H2,1-4H3,(H,24,25). The Bertz CT molecular complexity index is 1050. The van der Waals surface area contributed by atoms with Crippen LogP contribution in [0.25, 0.3) is 22.3 Å². The van der Waals surface area contributed by atoms with Crippen molar-refractivity contribution in [3.8, 4) is 11.3 Å². The van der Waals surface area contributed by atoms with Gasteiger partial charge in [0.25, 0.3) is 0 Å². The van der Waals surface area contributed by atoms with Gasteiger partial charge in [-0.25, -0.2) is 14.8 Å². The highest BCUT2D eigenvalue weighted by Crippen LogP contribution is 2.43. The first-order chi connectivity index (χ1) is 11.8. The molecule has 1 aliphatic rings. The molecule has 0 radical (unpaired) electrons. The molecule has 1 aliphatic carbocycles. The van der Waals surface area contributed by atoms with E-state index in [0.29, 0.717) is 5.52 Å². The Kier molecular flexibility index (Phi) is 3.23. The molecule has 25 heavy (non-hydrogen) atoms. The summed E-state index contributed by atoms with van der Waals surface area (Å²) in [6.45, 7) is 8.60. The van der Waals surface area contributed by atoms with E-state index in [1.54, 1.807) is 18.2 Å². The van der Waals surface area contributed by atoms with Crippen molar-refractivity contribution in [2.75, 3.05) is 0 Å². The van der Waals surface area contributed by atoms with Crippen LogP contribution in [-0.2, 0) is 11.8 Å². The molecule has 4 rings (SSSR count). The normalized spacial score (nSPS) is 14.9. The molecule has 3 aromatic rings. The number of fused-ring (bicyclic) bond motifs is 4. The highest BCUT2D eigenvalue weighted by atomic mass is 16.4. The average molecular weight is 332 g/mol. The van der Waals surface area contributed by atoms with Crippen molar-refractivity contribution in [1.82, 2.24) is 9.97 Å². The molecule has 4 nitrogen and oxygen atoms in total. The minimum atomic E-state index is -0.950. The summed E-state index contributed by atoms with van der Waals surface area (Å²) in [5.41, 5.74) is 8.24. The smallest absolute Gasteiger partial charge is 0.335 e. The van der Waals surface area contributed by atoms with Crippen LogP contribution in [0.3, 0.4) is 0 Å². The van der Waals surface area contributed by atoms with Gasteiger partial charge in [0.2, 0.25) is 0 Å². The SMILES string of the molecule is Cc1cc(C)c2c(c1)CC(C)(C)c1nc3ccc(C(=O)O)cc3nc1-2. The number of hydrogen-bond acceptors (Lipinski definition) is 3. The van der Waals surface area contributed by atoms with Gasteiger partial charge in [0, 0.05) is 11.0 Å². The lowest BCUT2D eigenvalue weighted by atomic mass is 9.73. The molecule has 0 fully saturated rings. The van der Waals surface area contributed by atoms with Crippen LogP contribution in [0.1, 0.15) is 46.6 Å². The molecule has 1 aromatic heterocycles. The molecule has 1 N–H and O–H groups in total. The molecule has 0 bridgehead atoms. The number of nitrogens with zero attached hydrogens (tertiary/aromatic N) is 2. The molecule has 126 valence electrons. The largest absolute Gasteiger partial charge is 0.478 e. The molecule has 1 heterocycles. The van der Waals surface area contributed by atoms with Crippen LogP contribution in [0, 0.1) is 13.8 Å². The van der Waals surface area contributed by atoms with Crippen molar-refractivity contribution in [1.29, 1.82) is 0 Å². The topological polar surface area (TPSA) is 63.1 Å². The fourth-order valence-corrected chi connectivity index (χ4v) is 3.93. The number of hydrogen-bond donors (Lipinski definition) is 1. The zero-order valence-electron chi connectivity index (χ0n) is 14.8. The number of aryl methyl sites for hydroxylation is 2. The van der Waals surface area contributed by atoms with Crippen molar-refractivity contribution in [3.63, 3.8) is 0 Å². The van der Waals surface area contributed by atoms with Gasteiger partial charge < -0.3 is 5.11 Å². The minimum absolute atomic E-state index is 0.116. The third-order valence-corrected chi connectivity index (χ3v) is 4.98. The van der Waals surface area contributed by atoms with Gasteiger partial charge in [-0.05, 0) is 49.6 Å². The second-order valence-electron chi connectivity index (χ2n) is 7.61. The highest BCUT2D eigenvalue weighted by Gasteiger charge is 2.34. The van der Waals surface area contributed by atoms with Crippen LogP contribution < -0.4 is 0 Å². The van der Waals surface area contributed by atoms with Gasteiger partial charge >= 0.3 is 5.97 Å². The molecule has 2 aromatic carbocycles. The van der Waals surface area contributed by atoms with Crippen LogP contribution in [0.2, 0.25) is 0 Å². The number of carboxylic acid groups (broad SMARTS) is 1. The fraction of sp³-hybridized carbons (Fsp3) is 0.286. The summed E-state index contributed by atoms with van der Waals surface area (Å²) in [6.07, 6.45) is 0.922. The van der Waals surface area contributed by atoms with E-state index in [2.05, 4.69) is 39.8 Å². The van der Waals surface area contributed by atoms with Crippen molar-refractivity contribution in [3.05, 3.63) is 58.3 Å². The lowest BCUT2D eigenvalue weighted by Crippen LogP contribution is -2.28. The van der Waals surface area contributed by atoms with E-state index in [1.807, 2.05) is 0 Å². The summed E-state index contributed by atoms with van der Waals surface area (Å²) in [5.74, 6) is -0.950. The van der Waals surface area contributed by atoms with Crippen molar-refractivity contribution in [2.45, 2.75) is 39.5 Å². The molecule has 0 unspecified atom stereocenters. The second-order valence-corrected chi connectivity index (χ2v) is 7.61. The van der Waals surface area contributed by atoms with Crippen molar-refractivity contribution >= 4 is 17.0 Å². The molecule has 0 atom stereocenters. The maximum atomic E-state index is 11.3. The third-order valence-electron chi connectivity index (χ3n) is 4.98. The molecule has 0 aliphatic heterocycles. The van der Waals surface area contributed by atoms with Gasteiger partial charge in [-0.15, -0.1) is 0 Å². The zero-order valence-corrected chi connectivity index (χ0v) is 14.8. The molecular weight excluding hydrogens is 312 g/mol. The van der Waals surface area contributed by atoms with E-state index < -0.39 is 5.97 Å². The molecule has 0 spiro atoms.